The number of rotatable bonds is 6. The maximum atomic E-state index is 14.1. The van der Waals surface area contributed by atoms with Crippen molar-refractivity contribution in [2.75, 3.05) is 0 Å². The van der Waals surface area contributed by atoms with E-state index in [4.69, 9.17) is 4.74 Å². The second kappa shape index (κ2) is 8.49. The van der Waals surface area contributed by atoms with Crippen LogP contribution in [0.15, 0.2) is 66.7 Å². The summed E-state index contributed by atoms with van der Waals surface area (Å²) in [5.74, 6) is -2.95. The van der Waals surface area contributed by atoms with Crippen molar-refractivity contribution in [2.24, 2.45) is 7.05 Å². The van der Waals surface area contributed by atoms with Crippen molar-refractivity contribution in [3.63, 3.8) is 0 Å². The Hall–Kier alpha value is -3.61. The number of hydrogen-bond acceptors (Lipinski definition) is 3. The summed E-state index contributed by atoms with van der Waals surface area (Å²) < 4.78 is 48.9. The van der Waals surface area contributed by atoms with E-state index in [1.54, 1.807) is 25.5 Å². The van der Waals surface area contributed by atoms with Crippen LogP contribution >= 0.6 is 0 Å². The molecule has 0 radical (unpaired) electrons. The fourth-order valence-corrected chi connectivity index (χ4v) is 3.72. The highest BCUT2D eigenvalue weighted by Gasteiger charge is 2.32. The van der Waals surface area contributed by atoms with Crippen LogP contribution in [0.4, 0.5) is 13.2 Å². The molecule has 7 heteroatoms. The Labute approximate surface area is 184 Å². The third kappa shape index (κ3) is 4.23. The lowest BCUT2D eigenvalue weighted by molar-refractivity contribution is 0.0833. The van der Waals surface area contributed by atoms with Gasteiger partial charge in [-0.1, -0.05) is 54.6 Å². The van der Waals surface area contributed by atoms with Gasteiger partial charge in [-0.15, -0.1) is 10.2 Å². The molecule has 4 rings (SSSR count). The summed E-state index contributed by atoms with van der Waals surface area (Å²) in [7, 11) is 1.77. The summed E-state index contributed by atoms with van der Waals surface area (Å²) in [6.45, 7) is 3.25. The second-order valence-electron chi connectivity index (χ2n) is 8.04. The summed E-state index contributed by atoms with van der Waals surface area (Å²) in [4.78, 5) is 0. The first-order valence-electron chi connectivity index (χ1n) is 10.1. The molecule has 0 aliphatic rings. The maximum absolute atomic E-state index is 14.1. The van der Waals surface area contributed by atoms with E-state index in [9.17, 15) is 13.2 Å². The van der Waals surface area contributed by atoms with Crippen LogP contribution in [0.1, 0.15) is 30.8 Å². The van der Waals surface area contributed by atoms with Gasteiger partial charge in [-0.2, -0.15) is 0 Å². The number of benzene rings is 3. The van der Waals surface area contributed by atoms with Gasteiger partial charge >= 0.3 is 0 Å². The van der Waals surface area contributed by atoms with Gasteiger partial charge in [-0.05, 0) is 31.4 Å². The molecule has 4 nitrogen and oxygen atoms in total. The molecule has 0 N–H and O–H groups in total. The summed E-state index contributed by atoms with van der Waals surface area (Å²) >= 11 is 0. The van der Waals surface area contributed by atoms with Crippen LogP contribution in [-0.4, -0.2) is 14.8 Å². The van der Waals surface area contributed by atoms with Crippen molar-refractivity contribution in [2.45, 2.75) is 25.9 Å². The van der Waals surface area contributed by atoms with E-state index in [1.807, 2.05) is 42.5 Å². The Morgan fingerprint density at radius 1 is 0.875 bits per heavy atom. The Bertz CT molecular complexity index is 1230. The van der Waals surface area contributed by atoms with E-state index >= 15 is 0 Å². The van der Waals surface area contributed by atoms with Crippen molar-refractivity contribution >= 4 is 0 Å². The van der Waals surface area contributed by atoms with Gasteiger partial charge in [0, 0.05) is 24.7 Å². The van der Waals surface area contributed by atoms with Crippen molar-refractivity contribution in [3.05, 3.63) is 101 Å². The molecule has 0 unspecified atom stereocenters. The van der Waals surface area contributed by atoms with Crippen LogP contribution in [0, 0.1) is 17.5 Å². The molecule has 0 aliphatic heterocycles. The lowest BCUT2D eigenvalue weighted by Gasteiger charge is -2.26. The highest BCUT2D eigenvalue weighted by Crippen LogP contribution is 2.33. The summed E-state index contributed by atoms with van der Waals surface area (Å²) in [6, 6.07) is 19.1. The standard InChI is InChI=1S/C25H22F3N3O/c1-25(2,32-22-20(27)14-18(26)15-21(22)28)24-30-29-23(31(24)3)19-12-8-7-11-17(19)13-16-9-5-4-6-10-16/h4-12,14-15H,13H2,1-3H3. The maximum Gasteiger partial charge on any atom is 0.192 e. The van der Waals surface area contributed by atoms with Crippen LogP contribution in [0.5, 0.6) is 5.75 Å². The third-order valence-corrected chi connectivity index (χ3v) is 5.23. The van der Waals surface area contributed by atoms with Crippen molar-refractivity contribution in [3.8, 4) is 17.1 Å². The largest absolute Gasteiger partial charge is 0.474 e. The molecule has 0 amide bonds. The van der Waals surface area contributed by atoms with Crippen LogP contribution in [0.3, 0.4) is 0 Å². The van der Waals surface area contributed by atoms with Gasteiger partial charge in [-0.3, -0.25) is 0 Å². The Balaban J connectivity index is 1.69. The van der Waals surface area contributed by atoms with Gasteiger partial charge in [0.2, 0.25) is 0 Å². The van der Waals surface area contributed by atoms with Crippen LogP contribution in [0.25, 0.3) is 11.4 Å². The topological polar surface area (TPSA) is 39.9 Å². The zero-order valence-electron chi connectivity index (χ0n) is 17.9. The van der Waals surface area contributed by atoms with Crippen molar-refractivity contribution < 1.29 is 17.9 Å². The fourth-order valence-electron chi connectivity index (χ4n) is 3.72. The second-order valence-corrected chi connectivity index (χ2v) is 8.04. The predicted molar refractivity (Wildman–Crippen MR) is 116 cm³/mol. The smallest absolute Gasteiger partial charge is 0.192 e. The average molecular weight is 437 g/mol. The summed E-state index contributed by atoms with van der Waals surface area (Å²) in [5.41, 5.74) is 1.88. The molecule has 164 valence electrons. The minimum atomic E-state index is -1.24. The van der Waals surface area contributed by atoms with E-state index in [-0.39, 0.29) is 0 Å². The number of ether oxygens (including phenoxy) is 1. The zero-order chi connectivity index (χ0) is 22.9. The summed E-state index contributed by atoms with van der Waals surface area (Å²) in [6.07, 6.45) is 0.713. The molecule has 0 aliphatic carbocycles. The first-order valence-corrected chi connectivity index (χ1v) is 10.1. The predicted octanol–water partition coefficient (Wildman–Crippen LogP) is 5.80. The number of nitrogens with zero attached hydrogens (tertiary/aromatic N) is 3. The van der Waals surface area contributed by atoms with Gasteiger partial charge in [-0.25, -0.2) is 13.2 Å². The molecule has 0 saturated heterocycles. The molecule has 0 saturated carbocycles. The lowest BCUT2D eigenvalue weighted by Crippen LogP contribution is -2.30. The van der Waals surface area contributed by atoms with E-state index in [1.165, 1.54) is 0 Å². The van der Waals surface area contributed by atoms with E-state index in [0.29, 0.717) is 30.2 Å². The molecular weight excluding hydrogens is 415 g/mol. The third-order valence-electron chi connectivity index (χ3n) is 5.23. The first-order chi connectivity index (χ1) is 15.3. The van der Waals surface area contributed by atoms with Crippen LogP contribution < -0.4 is 4.74 Å². The van der Waals surface area contributed by atoms with E-state index < -0.39 is 28.8 Å². The van der Waals surface area contributed by atoms with E-state index in [2.05, 4.69) is 22.3 Å². The van der Waals surface area contributed by atoms with Crippen LogP contribution in [-0.2, 0) is 19.1 Å². The normalized spacial score (nSPS) is 11.6. The molecule has 1 aromatic heterocycles. The number of hydrogen-bond donors (Lipinski definition) is 0. The minimum Gasteiger partial charge on any atom is -0.474 e. The first kappa shape index (κ1) is 21.6. The van der Waals surface area contributed by atoms with Gasteiger partial charge in [0.25, 0.3) is 0 Å². The number of aromatic nitrogens is 3. The Kier molecular flexibility index (Phi) is 5.74. The fraction of sp³-hybridized carbons (Fsp3) is 0.200. The molecule has 0 bridgehead atoms. The van der Waals surface area contributed by atoms with Crippen molar-refractivity contribution in [1.29, 1.82) is 0 Å². The Morgan fingerprint density at radius 3 is 2.19 bits per heavy atom. The highest BCUT2D eigenvalue weighted by molar-refractivity contribution is 5.61. The molecule has 3 aromatic carbocycles. The summed E-state index contributed by atoms with van der Waals surface area (Å²) in [5, 5.41) is 8.59. The highest BCUT2D eigenvalue weighted by atomic mass is 19.1. The van der Waals surface area contributed by atoms with Gasteiger partial charge in [0.1, 0.15) is 5.82 Å². The zero-order valence-corrected chi connectivity index (χ0v) is 17.9. The molecule has 1 heterocycles. The minimum absolute atomic E-state index is 0.366. The van der Waals surface area contributed by atoms with E-state index in [0.717, 1.165) is 16.7 Å². The Morgan fingerprint density at radius 2 is 1.50 bits per heavy atom. The van der Waals surface area contributed by atoms with Gasteiger partial charge < -0.3 is 9.30 Å². The molecule has 4 aromatic rings. The quantitative estimate of drug-likeness (QED) is 0.383. The molecular formula is C25H22F3N3O. The SMILES string of the molecule is Cn1c(-c2ccccc2Cc2ccccc2)nnc1C(C)(C)Oc1c(F)cc(F)cc1F. The van der Waals surface area contributed by atoms with Gasteiger partial charge in [0.15, 0.2) is 34.6 Å². The molecule has 0 spiro atoms. The lowest BCUT2D eigenvalue weighted by atomic mass is 9.99. The van der Waals surface area contributed by atoms with Crippen molar-refractivity contribution in [1.82, 2.24) is 14.8 Å². The molecule has 0 atom stereocenters. The number of halogens is 3. The molecule has 0 fully saturated rings. The average Bonchev–Trinajstić information content (AvgIpc) is 3.14. The van der Waals surface area contributed by atoms with Crippen LogP contribution in [0.2, 0.25) is 0 Å². The van der Waals surface area contributed by atoms with Gasteiger partial charge in [0.05, 0.1) is 0 Å². The monoisotopic (exact) mass is 437 g/mol. The molecule has 32 heavy (non-hydrogen) atoms.